The number of hydrogen-bond donors (Lipinski definition) is 1. The first kappa shape index (κ1) is 16.1. The maximum Gasteiger partial charge on any atom is 0.322 e. The quantitative estimate of drug-likeness (QED) is 0.932. The monoisotopic (exact) mass is 340 g/mol. The van der Waals surface area contributed by atoms with Crippen LogP contribution in [-0.4, -0.2) is 46.0 Å². The third-order valence-corrected chi connectivity index (χ3v) is 5.19. The third-order valence-electron chi connectivity index (χ3n) is 5.19. The number of hydrogen-bond acceptors (Lipinski definition) is 3. The fraction of sp³-hybridized carbons (Fsp3) is 0.474. The van der Waals surface area contributed by atoms with Crippen molar-refractivity contribution in [2.24, 2.45) is 0 Å². The number of aromatic nitrogens is 2. The Morgan fingerprint density at radius 1 is 1.32 bits per heavy atom. The fourth-order valence-electron chi connectivity index (χ4n) is 3.83. The topological polar surface area (TPSA) is 59.4 Å². The molecule has 1 aromatic carbocycles. The van der Waals surface area contributed by atoms with Crippen LogP contribution in [-0.2, 0) is 4.74 Å². The minimum Gasteiger partial charge on any atom is -0.376 e. The summed E-state index contributed by atoms with van der Waals surface area (Å²) in [4.78, 5) is 14.8. The van der Waals surface area contributed by atoms with Crippen molar-refractivity contribution in [3.8, 4) is 5.69 Å². The average molecular weight is 340 g/mol. The summed E-state index contributed by atoms with van der Waals surface area (Å²) >= 11 is 0. The molecule has 3 heterocycles. The van der Waals surface area contributed by atoms with Crippen molar-refractivity contribution >= 4 is 11.7 Å². The van der Waals surface area contributed by atoms with Crippen LogP contribution in [0.25, 0.3) is 5.69 Å². The Morgan fingerprint density at radius 3 is 3.00 bits per heavy atom. The van der Waals surface area contributed by atoms with Gasteiger partial charge in [-0.1, -0.05) is 6.07 Å². The molecule has 2 aliphatic rings. The zero-order chi connectivity index (χ0) is 17.2. The Morgan fingerprint density at radius 2 is 2.24 bits per heavy atom. The number of carbonyl (C=O) groups excluding carboxylic acids is 1. The Bertz CT molecular complexity index is 738. The number of urea groups is 1. The molecule has 0 unspecified atom stereocenters. The number of carbonyl (C=O) groups is 1. The molecule has 132 valence electrons. The fourth-order valence-corrected chi connectivity index (χ4v) is 3.83. The first-order chi connectivity index (χ1) is 12.2. The smallest absolute Gasteiger partial charge is 0.322 e. The van der Waals surface area contributed by atoms with Crippen LogP contribution in [0.4, 0.5) is 10.5 Å². The van der Waals surface area contributed by atoms with Crippen LogP contribution in [0.15, 0.2) is 36.7 Å². The van der Waals surface area contributed by atoms with Crippen molar-refractivity contribution in [3.63, 3.8) is 0 Å². The summed E-state index contributed by atoms with van der Waals surface area (Å²) in [6.45, 7) is 3.62. The molecule has 0 spiro atoms. The van der Waals surface area contributed by atoms with Crippen LogP contribution in [0.1, 0.15) is 31.2 Å². The van der Waals surface area contributed by atoms with E-state index in [9.17, 15) is 4.79 Å². The van der Waals surface area contributed by atoms with Gasteiger partial charge >= 0.3 is 6.03 Å². The summed E-state index contributed by atoms with van der Waals surface area (Å²) in [5, 5.41) is 7.35. The molecule has 0 bridgehead atoms. The predicted octanol–water partition coefficient (Wildman–Crippen LogP) is 3.36. The largest absolute Gasteiger partial charge is 0.376 e. The van der Waals surface area contributed by atoms with E-state index in [1.54, 1.807) is 10.9 Å². The lowest BCUT2D eigenvalue weighted by atomic mass is 10.1. The molecular formula is C19H24N4O2. The van der Waals surface area contributed by atoms with Gasteiger partial charge in [0.1, 0.15) is 0 Å². The molecule has 25 heavy (non-hydrogen) atoms. The maximum absolute atomic E-state index is 12.9. The first-order valence-electron chi connectivity index (χ1n) is 9.02. The van der Waals surface area contributed by atoms with E-state index in [0.717, 1.165) is 55.8 Å². The molecule has 4 rings (SSSR count). The molecule has 2 atom stereocenters. The number of likely N-dealkylation sites (tertiary alicyclic amines) is 1. The highest BCUT2D eigenvalue weighted by Crippen LogP contribution is 2.29. The van der Waals surface area contributed by atoms with Gasteiger partial charge in [0.05, 0.1) is 17.8 Å². The van der Waals surface area contributed by atoms with Crippen LogP contribution in [0.2, 0.25) is 0 Å². The number of nitrogens with zero attached hydrogens (tertiary/aromatic N) is 3. The molecule has 1 N–H and O–H groups in total. The molecular weight excluding hydrogens is 316 g/mol. The SMILES string of the molecule is Cc1ccc(-n2cccn2)cc1NC(=O)N1CCC[C@H]1[C@@H]1CCCO1. The van der Waals surface area contributed by atoms with E-state index in [0.29, 0.717) is 0 Å². The maximum atomic E-state index is 12.9. The highest BCUT2D eigenvalue weighted by atomic mass is 16.5. The standard InChI is InChI=1S/C19H24N4O2/c1-14-7-8-15(23-11-4-9-20-23)13-16(14)21-19(24)22-10-2-5-17(22)18-6-3-12-25-18/h4,7-9,11,13,17-18H,2-3,5-6,10,12H2,1H3,(H,21,24)/t17-,18-/m0/s1. The van der Waals surface area contributed by atoms with Crippen molar-refractivity contribution in [2.45, 2.75) is 44.8 Å². The third kappa shape index (κ3) is 3.26. The second-order valence-corrected chi connectivity index (χ2v) is 6.83. The zero-order valence-corrected chi connectivity index (χ0v) is 14.5. The van der Waals surface area contributed by atoms with E-state index >= 15 is 0 Å². The van der Waals surface area contributed by atoms with Gasteiger partial charge in [-0.25, -0.2) is 9.48 Å². The molecule has 2 aliphatic heterocycles. The van der Waals surface area contributed by atoms with Gasteiger partial charge in [0.2, 0.25) is 0 Å². The number of amides is 2. The predicted molar refractivity (Wildman–Crippen MR) is 96.0 cm³/mol. The Balaban J connectivity index is 1.51. The highest BCUT2D eigenvalue weighted by Gasteiger charge is 2.36. The number of benzene rings is 1. The van der Waals surface area contributed by atoms with Gasteiger partial charge in [-0.15, -0.1) is 0 Å². The van der Waals surface area contributed by atoms with Crippen LogP contribution in [0.5, 0.6) is 0 Å². The Kier molecular flexibility index (Phi) is 4.44. The summed E-state index contributed by atoms with van der Waals surface area (Å²) in [7, 11) is 0. The summed E-state index contributed by atoms with van der Waals surface area (Å²) in [6.07, 6.45) is 8.07. The van der Waals surface area contributed by atoms with Crippen LogP contribution in [0.3, 0.4) is 0 Å². The number of nitrogens with one attached hydrogen (secondary N) is 1. The molecule has 6 heteroatoms. The van der Waals surface area contributed by atoms with Crippen molar-refractivity contribution in [3.05, 3.63) is 42.2 Å². The lowest BCUT2D eigenvalue weighted by Crippen LogP contribution is -2.44. The molecule has 1 aromatic heterocycles. The zero-order valence-electron chi connectivity index (χ0n) is 14.5. The van der Waals surface area contributed by atoms with Gasteiger partial charge in [-0.2, -0.15) is 5.10 Å². The molecule has 2 aromatic rings. The molecule has 0 aliphatic carbocycles. The van der Waals surface area contributed by atoms with E-state index in [4.69, 9.17) is 4.74 Å². The first-order valence-corrected chi connectivity index (χ1v) is 9.02. The molecule has 6 nitrogen and oxygen atoms in total. The van der Waals surface area contributed by atoms with Crippen molar-refractivity contribution < 1.29 is 9.53 Å². The van der Waals surface area contributed by atoms with Crippen LogP contribution >= 0.6 is 0 Å². The lowest BCUT2D eigenvalue weighted by Gasteiger charge is -2.29. The van der Waals surface area contributed by atoms with E-state index < -0.39 is 0 Å². The lowest BCUT2D eigenvalue weighted by molar-refractivity contribution is 0.0543. The van der Waals surface area contributed by atoms with E-state index in [1.807, 2.05) is 42.3 Å². The van der Waals surface area contributed by atoms with E-state index in [2.05, 4.69) is 10.4 Å². The molecule has 2 saturated heterocycles. The molecule has 0 radical (unpaired) electrons. The number of aryl methyl sites for hydroxylation is 1. The molecule has 0 saturated carbocycles. The van der Waals surface area contributed by atoms with Crippen LogP contribution < -0.4 is 5.32 Å². The minimum atomic E-state index is -0.0290. The van der Waals surface area contributed by atoms with Gasteiger partial charge in [0.25, 0.3) is 0 Å². The summed E-state index contributed by atoms with van der Waals surface area (Å²) in [5.74, 6) is 0. The minimum absolute atomic E-state index is 0.0290. The van der Waals surface area contributed by atoms with Crippen molar-refractivity contribution in [1.82, 2.24) is 14.7 Å². The molecule has 2 fully saturated rings. The van der Waals surface area contributed by atoms with E-state index in [1.165, 1.54) is 0 Å². The Hall–Kier alpha value is -2.34. The second-order valence-electron chi connectivity index (χ2n) is 6.83. The number of ether oxygens (including phenoxy) is 1. The van der Waals surface area contributed by atoms with Gasteiger partial charge in [-0.05, 0) is 56.4 Å². The van der Waals surface area contributed by atoms with Gasteiger partial charge in [0, 0.05) is 31.2 Å². The number of rotatable bonds is 3. The summed E-state index contributed by atoms with van der Waals surface area (Å²) in [5.41, 5.74) is 2.80. The van der Waals surface area contributed by atoms with Crippen LogP contribution in [0, 0.1) is 6.92 Å². The van der Waals surface area contributed by atoms with Gasteiger partial charge in [0.15, 0.2) is 0 Å². The second kappa shape index (κ2) is 6.88. The molecule has 2 amide bonds. The summed E-state index contributed by atoms with van der Waals surface area (Å²) in [6, 6.07) is 8.04. The van der Waals surface area contributed by atoms with Gasteiger partial charge < -0.3 is 15.0 Å². The van der Waals surface area contributed by atoms with E-state index in [-0.39, 0.29) is 18.2 Å². The Labute approximate surface area is 147 Å². The highest BCUT2D eigenvalue weighted by molar-refractivity contribution is 5.91. The average Bonchev–Trinajstić information content (AvgIpc) is 3.37. The van der Waals surface area contributed by atoms with Gasteiger partial charge in [-0.3, -0.25) is 0 Å². The van der Waals surface area contributed by atoms with Crippen molar-refractivity contribution in [2.75, 3.05) is 18.5 Å². The summed E-state index contributed by atoms with van der Waals surface area (Å²) < 4.78 is 7.62. The van der Waals surface area contributed by atoms with Crippen molar-refractivity contribution in [1.29, 1.82) is 0 Å². The normalized spacial score (nSPS) is 23.2. The number of anilines is 1.